The summed E-state index contributed by atoms with van der Waals surface area (Å²) in [4.78, 5) is 17.1. The van der Waals surface area contributed by atoms with E-state index in [1.165, 1.54) is 12.8 Å². The summed E-state index contributed by atoms with van der Waals surface area (Å²) in [5.41, 5.74) is 1.76. The first-order chi connectivity index (χ1) is 12.6. The van der Waals surface area contributed by atoms with E-state index >= 15 is 0 Å². The van der Waals surface area contributed by atoms with Crippen molar-refractivity contribution in [3.05, 3.63) is 45.9 Å². The van der Waals surface area contributed by atoms with Crippen LogP contribution in [0.4, 0.5) is 0 Å². The quantitative estimate of drug-likeness (QED) is 0.864. The molecular weight excluding hydrogens is 330 g/mol. The highest BCUT2D eigenvalue weighted by molar-refractivity contribution is 5.72. The zero-order valence-corrected chi connectivity index (χ0v) is 15.2. The molecule has 0 spiro atoms. The summed E-state index contributed by atoms with van der Waals surface area (Å²) in [6.45, 7) is 5.57. The van der Waals surface area contributed by atoms with Gasteiger partial charge < -0.3 is 14.5 Å². The topological polar surface area (TPSA) is 78.3 Å². The Balaban J connectivity index is 1.83. The molecular formula is C20H23N3O3. The SMILES string of the molecule is COc1cc(-c2cc(C)[nH]c(=O)c2C#N)ccc1OCCN1CCCC1. The smallest absolute Gasteiger partial charge is 0.266 e. The molecule has 0 atom stereocenters. The largest absolute Gasteiger partial charge is 0.493 e. The lowest BCUT2D eigenvalue weighted by Crippen LogP contribution is -2.25. The number of benzene rings is 1. The molecule has 0 radical (unpaired) electrons. The number of nitriles is 1. The zero-order valence-electron chi connectivity index (χ0n) is 15.2. The maximum atomic E-state index is 12.0. The van der Waals surface area contributed by atoms with Gasteiger partial charge >= 0.3 is 0 Å². The molecule has 0 amide bonds. The highest BCUT2D eigenvalue weighted by atomic mass is 16.5. The average molecular weight is 353 g/mol. The maximum Gasteiger partial charge on any atom is 0.266 e. The fourth-order valence-corrected chi connectivity index (χ4v) is 3.27. The summed E-state index contributed by atoms with van der Waals surface area (Å²) >= 11 is 0. The number of hydrogen-bond donors (Lipinski definition) is 1. The minimum Gasteiger partial charge on any atom is -0.493 e. The first-order valence-electron chi connectivity index (χ1n) is 8.80. The number of nitrogens with one attached hydrogen (secondary N) is 1. The number of aromatic amines is 1. The molecule has 0 unspecified atom stereocenters. The fraction of sp³-hybridized carbons (Fsp3) is 0.400. The van der Waals surface area contributed by atoms with Crippen molar-refractivity contribution in [1.29, 1.82) is 5.26 Å². The number of H-pyrrole nitrogens is 1. The van der Waals surface area contributed by atoms with Gasteiger partial charge in [0.05, 0.1) is 7.11 Å². The first kappa shape index (κ1) is 18.0. The van der Waals surface area contributed by atoms with Crippen LogP contribution in [0.15, 0.2) is 29.1 Å². The lowest BCUT2D eigenvalue weighted by Gasteiger charge is -2.17. The van der Waals surface area contributed by atoms with Crippen LogP contribution in [0.5, 0.6) is 11.5 Å². The number of rotatable bonds is 6. The Morgan fingerprint density at radius 2 is 2.00 bits per heavy atom. The van der Waals surface area contributed by atoms with Gasteiger partial charge in [0.1, 0.15) is 18.2 Å². The Morgan fingerprint density at radius 1 is 1.23 bits per heavy atom. The Bertz CT molecular complexity index is 877. The molecule has 3 rings (SSSR count). The van der Waals surface area contributed by atoms with Crippen LogP contribution >= 0.6 is 0 Å². The Labute approximate surface area is 153 Å². The predicted octanol–water partition coefficient (Wildman–Crippen LogP) is 2.71. The molecule has 0 saturated carbocycles. The molecule has 0 bridgehead atoms. The van der Waals surface area contributed by atoms with E-state index in [1.807, 2.05) is 18.2 Å². The molecule has 26 heavy (non-hydrogen) atoms. The molecule has 1 aromatic heterocycles. The molecule has 136 valence electrons. The van der Waals surface area contributed by atoms with E-state index in [9.17, 15) is 10.1 Å². The number of methoxy groups -OCH3 is 1. The van der Waals surface area contributed by atoms with Crippen LogP contribution in [-0.2, 0) is 0 Å². The minimum atomic E-state index is -0.382. The fourth-order valence-electron chi connectivity index (χ4n) is 3.27. The van der Waals surface area contributed by atoms with Gasteiger partial charge in [-0.15, -0.1) is 0 Å². The molecule has 2 aromatic rings. The molecule has 1 aliphatic rings. The van der Waals surface area contributed by atoms with Crippen LogP contribution in [0.25, 0.3) is 11.1 Å². The number of nitrogens with zero attached hydrogens (tertiary/aromatic N) is 2. The van der Waals surface area contributed by atoms with Crippen LogP contribution in [0, 0.1) is 18.3 Å². The van der Waals surface area contributed by atoms with Crippen molar-refractivity contribution < 1.29 is 9.47 Å². The lowest BCUT2D eigenvalue weighted by molar-refractivity contribution is 0.230. The van der Waals surface area contributed by atoms with Gasteiger partial charge in [-0.25, -0.2) is 0 Å². The third-order valence-electron chi connectivity index (χ3n) is 4.62. The number of aromatic nitrogens is 1. The van der Waals surface area contributed by atoms with E-state index in [0.29, 0.717) is 29.4 Å². The van der Waals surface area contributed by atoms with Crippen molar-refractivity contribution in [2.45, 2.75) is 19.8 Å². The highest BCUT2D eigenvalue weighted by Crippen LogP contribution is 2.33. The minimum absolute atomic E-state index is 0.0976. The van der Waals surface area contributed by atoms with Crippen molar-refractivity contribution in [2.24, 2.45) is 0 Å². The Kier molecular flexibility index (Phi) is 5.59. The molecule has 2 heterocycles. The number of hydrogen-bond acceptors (Lipinski definition) is 5. The Morgan fingerprint density at radius 3 is 2.69 bits per heavy atom. The van der Waals surface area contributed by atoms with E-state index in [4.69, 9.17) is 9.47 Å². The first-order valence-corrected chi connectivity index (χ1v) is 8.80. The highest BCUT2D eigenvalue weighted by Gasteiger charge is 2.14. The average Bonchev–Trinajstić information content (AvgIpc) is 3.15. The molecule has 6 heteroatoms. The summed E-state index contributed by atoms with van der Waals surface area (Å²) in [6, 6.07) is 9.27. The summed E-state index contributed by atoms with van der Waals surface area (Å²) in [7, 11) is 1.58. The molecule has 1 fully saturated rings. The van der Waals surface area contributed by atoms with Crippen LogP contribution in [0.3, 0.4) is 0 Å². The summed E-state index contributed by atoms with van der Waals surface area (Å²) in [6.07, 6.45) is 2.52. The molecule has 6 nitrogen and oxygen atoms in total. The van der Waals surface area contributed by atoms with Gasteiger partial charge in [-0.1, -0.05) is 6.07 Å². The number of likely N-dealkylation sites (tertiary alicyclic amines) is 1. The lowest BCUT2D eigenvalue weighted by atomic mass is 10.0. The third kappa shape index (κ3) is 3.89. The number of pyridine rings is 1. The summed E-state index contributed by atoms with van der Waals surface area (Å²) in [5, 5.41) is 9.32. The van der Waals surface area contributed by atoms with Crippen molar-refractivity contribution in [3.63, 3.8) is 0 Å². The van der Waals surface area contributed by atoms with E-state index in [0.717, 1.165) is 25.2 Å². The van der Waals surface area contributed by atoms with Gasteiger partial charge in [-0.3, -0.25) is 9.69 Å². The van der Waals surface area contributed by atoms with Gasteiger partial charge in [0.15, 0.2) is 11.5 Å². The van der Waals surface area contributed by atoms with Crippen molar-refractivity contribution in [3.8, 4) is 28.7 Å². The van der Waals surface area contributed by atoms with E-state index in [2.05, 4.69) is 9.88 Å². The van der Waals surface area contributed by atoms with E-state index < -0.39 is 0 Å². The normalized spacial score (nSPS) is 14.2. The van der Waals surface area contributed by atoms with Crippen molar-refractivity contribution in [2.75, 3.05) is 33.4 Å². The van der Waals surface area contributed by atoms with Gasteiger partial charge in [-0.2, -0.15) is 5.26 Å². The molecule has 1 aromatic carbocycles. The third-order valence-corrected chi connectivity index (χ3v) is 4.62. The van der Waals surface area contributed by atoms with Gasteiger partial charge in [-0.05, 0) is 56.6 Å². The molecule has 1 N–H and O–H groups in total. The van der Waals surface area contributed by atoms with E-state index in [1.54, 1.807) is 26.2 Å². The second-order valence-corrected chi connectivity index (χ2v) is 6.44. The Hall–Kier alpha value is -2.78. The van der Waals surface area contributed by atoms with Crippen LogP contribution < -0.4 is 15.0 Å². The van der Waals surface area contributed by atoms with Crippen LogP contribution in [0.1, 0.15) is 24.1 Å². The molecule has 0 aliphatic carbocycles. The second-order valence-electron chi connectivity index (χ2n) is 6.44. The predicted molar refractivity (Wildman–Crippen MR) is 99.7 cm³/mol. The second kappa shape index (κ2) is 8.07. The van der Waals surface area contributed by atoms with Gasteiger partial charge in [0, 0.05) is 17.8 Å². The maximum absolute atomic E-state index is 12.0. The molecule has 1 aliphatic heterocycles. The van der Waals surface area contributed by atoms with E-state index in [-0.39, 0.29) is 11.1 Å². The zero-order chi connectivity index (χ0) is 18.5. The van der Waals surface area contributed by atoms with Crippen molar-refractivity contribution >= 4 is 0 Å². The monoisotopic (exact) mass is 353 g/mol. The summed E-state index contributed by atoms with van der Waals surface area (Å²) < 4.78 is 11.3. The summed E-state index contributed by atoms with van der Waals surface area (Å²) in [5.74, 6) is 1.25. The number of aryl methyl sites for hydroxylation is 1. The van der Waals surface area contributed by atoms with Gasteiger partial charge in [0.2, 0.25) is 0 Å². The van der Waals surface area contributed by atoms with Crippen LogP contribution in [-0.4, -0.2) is 43.2 Å². The number of ether oxygens (including phenoxy) is 2. The van der Waals surface area contributed by atoms with Crippen molar-refractivity contribution in [1.82, 2.24) is 9.88 Å². The molecule has 1 saturated heterocycles. The standard InChI is InChI=1S/C20H23N3O3/c1-14-11-16(17(13-21)20(24)22-14)15-5-6-18(19(12-15)25-2)26-10-9-23-7-3-4-8-23/h5-6,11-12H,3-4,7-10H2,1-2H3,(H,22,24). The van der Waals surface area contributed by atoms with Gasteiger partial charge in [0.25, 0.3) is 5.56 Å². The van der Waals surface area contributed by atoms with Crippen LogP contribution in [0.2, 0.25) is 0 Å².